The Balaban J connectivity index is 2.54. The Kier molecular flexibility index (Phi) is 6.16. The quantitative estimate of drug-likeness (QED) is 0.770. The van der Waals surface area contributed by atoms with Gasteiger partial charge in [-0.05, 0) is 15.9 Å². The van der Waals surface area contributed by atoms with Crippen molar-refractivity contribution in [3.05, 3.63) is 9.98 Å². The molecule has 86 valence electrons. The Morgan fingerprint density at radius 3 is 2.33 bits per heavy atom. The molecule has 0 saturated carbocycles. The fourth-order valence-electron chi connectivity index (χ4n) is 1.10. The van der Waals surface area contributed by atoms with Crippen LogP contribution in [0.1, 0.15) is 0 Å². The lowest BCUT2D eigenvalue weighted by atomic mass is 10.5. The standard InChI is InChI=1S/C9H15BrN2O2S/c1-13-5-3-12(4-6-14-2)9-11-8(10)7-15-9/h7H,3-6H2,1-2H3. The number of anilines is 1. The Morgan fingerprint density at radius 1 is 1.33 bits per heavy atom. The molecular weight excluding hydrogens is 280 g/mol. The topological polar surface area (TPSA) is 34.6 Å². The fourth-order valence-corrected chi connectivity index (χ4v) is 2.40. The molecule has 0 fully saturated rings. The van der Waals surface area contributed by atoms with Crippen LogP contribution in [0.5, 0.6) is 0 Å². The van der Waals surface area contributed by atoms with Gasteiger partial charge >= 0.3 is 0 Å². The van der Waals surface area contributed by atoms with Crippen LogP contribution >= 0.6 is 27.3 Å². The SMILES string of the molecule is COCCN(CCOC)c1nc(Br)cs1. The number of hydrogen-bond donors (Lipinski definition) is 0. The number of nitrogens with zero attached hydrogens (tertiary/aromatic N) is 2. The van der Waals surface area contributed by atoms with Crippen LogP contribution in [0.2, 0.25) is 0 Å². The van der Waals surface area contributed by atoms with Crippen LogP contribution < -0.4 is 4.90 Å². The van der Waals surface area contributed by atoms with Crippen molar-refractivity contribution in [3.63, 3.8) is 0 Å². The summed E-state index contributed by atoms with van der Waals surface area (Å²) in [7, 11) is 3.40. The highest BCUT2D eigenvalue weighted by atomic mass is 79.9. The second kappa shape index (κ2) is 7.16. The van der Waals surface area contributed by atoms with Crippen molar-refractivity contribution in [1.29, 1.82) is 0 Å². The number of methoxy groups -OCH3 is 2. The second-order valence-corrected chi connectivity index (χ2v) is 4.57. The normalized spacial score (nSPS) is 10.6. The van der Waals surface area contributed by atoms with E-state index in [-0.39, 0.29) is 0 Å². The van der Waals surface area contributed by atoms with Gasteiger partial charge in [0.1, 0.15) is 4.60 Å². The first kappa shape index (κ1) is 12.9. The van der Waals surface area contributed by atoms with Crippen LogP contribution in [-0.2, 0) is 9.47 Å². The van der Waals surface area contributed by atoms with Crippen LogP contribution in [0.25, 0.3) is 0 Å². The molecule has 0 radical (unpaired) electrons. The average Bonchev–Trinajstić information content (AvgIpc) is 2.65. The fraction of sp³-hybridized carbons (Fsp3) is 0.667. The summed E-state index contributed by atoms with van der Waals surface area (Å²) in [4.78, 5) is 6.52. The Morgan fingerprint density at radius 2 is 1.93 bits per heavy atom. The van der Waals surface area contributed by atoms with Crippen molar-refractivity contribution < 1.29 is 9.47 Å². The summed E-state index contributed by atoms with van der Waals surface area (Å²) in [5, 5.41) is 2.97. The van der Waals surface area contributed by atoms with Gasteiger partial charge in [-0.3, -0.25) is 0 Å². The zero-order valence-electron chi connectivity index (χ0n) is 8.90. The zero-order valence-corrected chi connectivity index (χ0v) is 11.3. The molecule has 4 nitrogen and oxygen atoms in total. The molecular formula is C9H15BrN2O2S. The summed E-state index contributed by atoms with van der Waals surface area (Å²) in [6.07, 6.45) is 0. The highest BCUT2D eigenvalue weighted by Crippen LogP contribution is 2.23. The minimum Gasteiger partial charge on any atom is -0.383 e. The van der Waals surface area contributed by atoms with Crippen molar-refractivity contribution in [2.45, 2.75) is 0 Å². The van der Waals surface area contributed by atoms with Crippen molar-refractivity contribution in [2.75, 3.05) is 45.4 Å². The molecule has 0 atom stereocenters. The van der Waals surface area contributed by atoms with Crippen molar-refractivity contribution in [3.8, 4) is 0 Å². The molecule has 15 heavy (non-hydrogen) atoms. The van der Waals surface area contributed by atoms with Crippen LogP contribution in [-0.4, -0.2) is 45.5 Å². The maximum Gasteiger partial charge on any atom is 0.186 e. The van der Waals surface area contributed by atoms with E-state index in [9.17, 15) is 0 Å². The van der Waals surface area contributed by atoms with Crippen molar-refractivity contribution in [1.82, 2.24) is 4.98 Å². The summed E-state index contributed by atoms with van der Waals surface area (Å²) in [6, 6.07) is 0. The molecule has 1 heterocycles. The van der Waals surface area contributed by atoms with Crippen LogP contribution in [0.4, 0.5) is 5.13 Å². The summed E-state index contributed by atoms with van der Waals surface area (Å²) in [5.41, 5.74) is 0. The van der Waals surface area contributed by atoms with Gasteiger partial charge in [0.15, 0.2) is 5.13 Å². The number of rotatable bonds is 7. The zero-order chi connectivity index (χ0) is 11.1. The smallest absolute Gasteiger partial charge is 0.186 e. The van der Waals surface area contributed by atoms with Crippen LogP contribution in [0.15, 0.2) is 9.98 Å². The highest BCUT2D eigenvalue weighted by molar-refractivity contribution is 9.10. The first-order valence-electron chi connectivity index (χ1n) is 4.61. The summed E-state index contributed by atoms with van der Waals surface area (Å²) in [5.74, 6) is 0. The van der Waals surface area contributed by atoms with Gasteiger partial charge < -0.3 is 14.4 Å². The van der Waals surface area contributed by atoms with E-state index in [2.05, 4.69) is 25.8 Å². The van der Waals surface area contributed by atoms with E-state index >= 15 is 0 Å². The molecule has 6 heteroatoms. The minimum atomic E-state index is 0.695. The molecule has 0 aliphatic heterocycles. The predicted octanol–water partition coefficient (Wildman–Crippen LogP) is 2.00. The number of aromatic nitrogens is 1. The van der Waals surface area contributed by atoms with Crippen molar-refractivity contribution >= 4 is 32.4 Å². The van der Waals surface area contributed by atoms with Gasteiger partial charge in [0.05, 0.1) is 13.2 Å². The van der Waals surface area contributed by atoms with E-state index in [1.807, 2.05) is 5.38 Å². The molecule has 0 spiro atoms. The molecule has 0 aliphatic carbocycles. The molecule has 0 bridgehead atoms. The van der Waals surface area contributed by atoms with E-state index in [4.69, 9.17) is 9.47 Å². The number of ether oxygens (including phenoxy) is 2. The molecule has 0 saturated heterocycles. The molecule has 0 aliphatic rings. The van der Waals surface area contributed by atoms with E-state index in [1.54, 1.807) is 25.6 Å². The largest absolute Gasteiger partial charge is 0.383 e. The number of hydrogen-bond acceptors (Lipinski definition) is 5. The van der Waals surface area contributed by atoms with Crippen molar-refractivity contribution in [2.24, 2.45) is 0 Å². The average molecular weight is 295 g/mol. The number of thiazole rings is 1. The molecule has 0 amide bonds. The van der Waals surface area contributed by atoms with E-state index in [1.165, 1.54) is 0 Å². The number of halogens is 1. The molecule has 1 rings (SSSR count). The lowest BCUT2D eigenvalue weighted by Crippen LogP contribution is -2.30. The second-order valence-electron chi connectivity index (χ2n) is 2.93. The Bertz CT molecular complexity index is 275. The van der Waals surface area contributed by atoms with Crippen LogP contribution in [0, 0.1) is 0 Å². The van der Waals surface area contributed by atoms with E-state index in [0.29, 0.717) is 13.2 Å². The van der Waals surface area contributed by atoms with Gasteiger partial charge in [0, 0.05) is 32.7 Å². The van der Waals surface area contributed by atoms with Crippen LogP contribution in [0.3, 0.4) is 0 Å². The first-order valence-corrected chi connectivity index (χ1v) is 6.29. The summed E-state index contributed by atoms with van der Waals surface area (Å²) >= 11 is 4.96. The maximum absolute atomic E-state index is 5.06. The predicted molar refractivity (Wildman–Crippen MR) is 65.8 cm³/mol. The van der Waals surface area contributed by atoms with E-state index in [0.717, 1.165) is 22.8 Å². The minimum absolute atomic E-state index is 0.695. The molecule has 1 aromatic heterocycles. The summed E-state index contributed by atoms with van der Waals surface area (Å²) in [6.45, 7) is 3.06. The third-order valence-electron chi connectivity index (χ3n) is 1.87. The van der Waals surface area contributed by atoms with Gasteiger partial charge in [-0.2, -0.15) is 0 Å². The highest BCUT2D eigenvalue weighted by Gasteiger charge is 2.09. The van der Waals surface area contributed by atoms with Gasteiger partial charge in [-0.1, -0.05) is 0 Å². The molecule has 0 aromatic carbocycles. The van der Waals surface area contributed by atoms with Gasteiger partial charge in [-0.25, -0.2) is 4.98 Å². The van der Waals surface area contributed by atoms with Gasteiger partial charge in [0.2, 0.25) is 0 Å². The Hall–Kier alpha value is -0.170. The van der Waals surface area contributed by atoms with Gasteiger partial charge in [0.25, 0.3) is 0 Å². The first-order chi connectivity index (χ1) is 7.27. The van der Waals surface area contributed by atoms with E-state index < -0.39 is 0 Å². The van der Waals surface area contributed by atoms with Gasteiger partial charge in [-0.15, -0.1) is 11.3 Å². The molecule has 1 aromatic rings. The third-order valence-corrected chi connectivity index (χ3v) is 3.48. The lowest BCUT2D eigenvalue weighted by Gasteiger charge is -2.20. The summed E-state index contributed by atoms with van der Waals surface area (Å²) < 4.78 is 11.0. The third kappa shape index (κ3) is 4.46. The lowest BCUT2D eigenvalue weighted by molar-refractivity contribution is 0.190. The maximum atomic E-state index is 5.06. The Labute approximate surface area is 102 Å². The molecule has 0 N–H and O–H groups in total. The molecule has 0 unspecified atom stereocenters. The monoisotopic (exact) mass is 294 g/mol.